The fourth-order valence-corrected chi connectivity index (χ4v) is 3.54. The first kappa shape index (κ1) is 18.0. The van der Waals surface area contributed by atoms with Crippen molar-refractivity contribution in [3.05, 3.63) is 83.2 Å². The van der Waals surface area contributed by atoms with Crippen molar-refractivity contribution in [1.82, 2.24) is 4.57 Å². The molecule has 3 nitrogen and oxygen atoms in total. The molecule has 0 spiro atoms. The molecule has 0 aliphatic rings. The topological polar surface area (TPSA) is 48.0 Å². The predicted octanol–water partition coefficient (Wildman–Crippen LogP) is 4.90. The molecule has 0 fully saturated rings. The van der Waals surface area contributed by atoms with E-state index in [1.807, 2.05) is 0 Å². The van der Waals surface area contributed by atoms with E-state index in [2.05, 4.69) is 6.07 Å². The number of primary amides is 1. The number of alkyl halides is 3. The van der Waals surface area contributed by atoms with E-state index in [9.17, 15) is 22.4 Å². The van der Waals surface area contributed by atoms with Crippen LogP contribution < -0.4 is 5.73 Å². The number of aromatic nitrogens is 1. The zero-order valence-corrected chi connectivity index (χ0v) is 14.3. The summed E-state index contributed by atoms with van der Waals surface area (Å²) >= 11 is 0. The standard InChI is InChI=1S/C21H13F4N2O/c22-16-9-3-6-13-18-14(20(26)28)7-4-10-17(18)27(19(13)16)11-12-5-1-2-8-15(12)21(23,24)25/h1-5,7-10H,11H2,(H2,26,28). The molecule has 1 aromatic heterocycles. The molecule has 1 heterocycles. The molecule has 0 aliphatic carbocycles. The van der Waals surface area contributed by atoms with Crippen molar-refractivity contribution < 1.29 is 22.4 Å². The average molecular weight is 385 g/mol. The van der Waals surface area contributed by atoms with Crippen LogP contribution in [-0.4, -0.2) is 10.5 Å². The van der Waals surface area contributed by atoms with E-state index in [1.165, 1.54) is 41.0 Å². The fourth-order valence-electron chi connectivity index (χ4n) is 3.54. The van der Waals surface area contributed by atoms with E-state index in [0.717, 1.165) is 6.07 Å². The van der Waals surface area contributed by atoms with Gasteiger partial charge in [0.05, 0.1) is 16.6 Å². The quantitative estimate of drug-likeness (QED) is 0.501. The van der Waals surface area contributed by atoms with Crippen LogP contribution in [-0.2, 0) is 12.7 Å². The van der Waals surface area contributed by atoms with Gasteiger partial charge in [0.2, 0.25) is 5.91 Å². The zero-order chi connectivity index (χ0) is 20.1. The van der Waals surface area contributed by atoms with Gasteiger partial charge in [0, 0.05) is 22.9 Å². The van der Waals surface area contributed by atoms with Gasteiger partial charge in [0.25, 0.3) is 0 Å². The van der Waals surface area contributed by atoms with E-state index in [4.69, 9.17) is 5.73 Å². The molecule has 0 atom stereocenters. The lowest BCUT2D eigenvalue weighted by Gasteiger charge is -2.15. The molecule has 1 radical (unpaired) electrons. The van der Waals surface area contributed by atoms with Gasteiger partial charge in [-0.2, -0.15) is 13.2 Å². The smallest absolute Gasteiger partial charge is 0.366 e. The lowest BCUT2D eigenvalue weighted by atomic mass is 10.1. The number of carbonyl (C=O) groups excluding carboxylic acids is 1. The summed E-state index contributed by atoms with van der Waals surface area (Å²) < 4.78 is 56.3. The fraction of sp³-hybridized carbons (Fsp3) is 0.0952. The minimum atomic E-state index is -4.54. The second kappa shape index (κ2) is 6.37. The third-order valence-electron chi connectivity index (χ3n) is 4.69. The van der Waals surface area contributed by atoms with Gasteiger partial charge in [-0.1, -0.05) is 30.3 Å². The number of amides is 1. The molecule has 0 bridgehead atoms. The number of carbonyl (C=O) groups is 1. The number of rotatable bonds is 3. The van der Waals surface area contributed by atoms with Crippen molar-refractivity contribution in [2.45, 2.75) is 12.7 Å². The summed E-state index contributed by atoms with van der Waals surface area (Å²) in [6.45, 7) is -0.229. The van der Waals surface area contributed by atoms with Crippen LogP contribution in [0.4, 0.5) is 17.6 Å². The Hall–Kier alpha value is -3.35. The molecule has 2 N–H and O–H groups in total. The Balaban J connectivity index is 2.06. The largest absolute Gasteiger partial charge is 0.416 e. The maximum atomic E-state index is 14.7. The number of halogens is 4. The van der Waals surface area contributed by atoms with Crippen LogP contribution in [0.3, 0.4) is 0 Å². The van der Waals surface area contributed by atoms with Crippen LogP contribution in [0.5, 0.6) is 0 Å². The number of nitrogens with two attached hydrogens (primary N) is 1. The summed E-state index contributed by atoms with van der Waals surface area (Å²) in [6.07, 6.45) is -4.54. The Labute approximate surface area is 157 Å². The first-order chi connectivity index (χ1) is 13.3. The zero-order valence-electron chi connectivity index (χ0n) is 14.3. The molecule has 4 aromatic rings. The lowest BCUT2D eigenvalue weighted by Crippen LogP contribution is -2.12. The van der Waals surface area contributed by atoms with Crippen LogP contribution in [0, 0.1) is 11.9 Å². The highest BCUT2D eigenvalue weighted by atomic mass is 19.4. The number of fused-ring (bicyclic) bond motifs is 3. The van der Waals surface area contributed by atoms with Gasteiger partial charge in [0.1, 0.15) is 5.82 Å². The van der Waals surface area contributed by atoms with Crippen LogP contribution >= 0.6 is 0 Å². The lowest BCUT2D eigenvalue weighted by molar-refractivity contribution is -0.138. The third-order valence-corrected chi connectivity index (χ3v) is 4.69. The van der Waals surface area contributed by atoms with Crippen molar-refractivity contribution in [1.29, 1.82) is 0 Å². The van der Waals surface area contributed by atoms with E-state index in [0.29, 0.717) is 16.3 Å². The van der Waals surface area contributed by atoms with Gasteiger partial charge in [-0.05, 0) is 35.9 Å². The number of benzene rings is 3. The van der Waals surface area contributed by atoms with Crippen LogP contribution in [0.2, 0.25) is 0 Å². The van der Waals surface area contributed by atoms with Crippen molar-refractivity contribution in [2.75, 3.05) is 0 Å². The van der Waals surface area contributed by atoms with Gasteiger partial charge in [0.15, 0.2) is 0 Å². The Morgan fingerprint density at radius 2 is 1.82 bits per heavy atom. The van der Waals surface area contributed by atoms with Crippen molar-refractivity contribution in [3.8, 4) is 0 Å². The molecule has 1 amide bonds. The van der Waals surface area contributed by atoms with Crippen LogP contribution in [0.15, 0.2) is 54.6 Å². The predicted molar refractivity (Wildman–Crippen MR) is 97.3 cm³/mol. The van der Waals surface area contributed by atoms with E-state index in [1.54, 1.807) is 12.1 Å². The van der Waals surface area contributed by atoms with Crippen molar-refractivity contribution >= 4 is 27.7 Å². The second-order valence-electron chi connectivity index (χ2n) is 6.35. The summed E-state index contributed by atoms with van der Waals surface area (Å²) in [5.41, 5.74) is 5.28. The Morgan fingerprint density at radius 3 is 2.54 bits per heavy atom. The monoisotopic (exact) mass is 385 g/mol. The Bertz CT molecular complexity index is 1220. The summed E-state index contributed by atoms with van der Waals surface area (Å²) in [5, 5.41) is 0.669. The SMILES string of the molecule is NC(=O)c1cccc2c1c1[c]ccc(F)c1n2Cc1ccccc1C(F)(F)F. The number of hydrogen-bond acceptors (Lipinski definition) is 1. The maximum Gasteiger partial charge on any atom is 0.416 e. The summed E-state index contributed by atoms with van der Waals surface area (Å²) in [7, 11) is 0. The minimum absolute atomic E-state index is 0.0125. The van der Waals surface area contributed by atoms with E-state index < -0.39 is 23.5 Å². The van der Waals surface area contributed by atoms with Crippen molar-refractivity contribution in [3.63, 3.8) is 0 Å². The Kier molecular flexibility index (Phi) is 4.10. The van der Waals surface area contributed by atoms with Crippen molar-refractivity contribution in [2.24, 2.45) is 5.73 Å². The normalized spacial score (nSPS) is 12.0. The minimum Gasteiger partial charge on any atom is -0.366 e. The molecule has 0 unspecified atom stereocenters. The highest BCUT2D eigenvalue weighted by Crippen LogP contribution is 2.36. The molecular formula is C21H13F4N2O. The maximum absolute atomic E-state index is 14.7. The molecule has 3 aromatic carbocycles. The molecule has 7 heteroatoms. The highest BCUT2D eigenvalue weighted by molar-refractivity contribution is 6.17. The Morgan fingerprint density at radius 1 is 1.07 bits per heavy atom. The van der Waals surface area contributed by atoms with Crippen LogP contribution in [0.1, 0.15) is 21.5 Å². The van der Waals surface area contributed by atoms with Gasteiger partial charge >= 0.3 is 6.18 Å². The summed E-state index contributed by atoms with van der Waals surface area (Å²) in [4.78, 5) is 11.9. The highest BCUT2D eigenvalue weighted by Gasteiger charge is 2.33. The van der Waals surface area contributed by atoms with Crippen LogP contribution in [0.25, 0.3) is 21.8 Å². The average Bonchev–Trinajstić information content (AvgIpc) is 2.96. The van der Waals surface area contributed by atoms with Gasteiger partial charge in [-0.15, -0.1) is 0 Å². The second-order valence-corrected chi connectivity index (χ2v) is 6.35. The molecule has 141 valence electrons. The number of hydrogen-bond donors (Lipinski definition) is 1. The third kappa shape index (κ3) is 2.79. The van der Waals surface area contributed by atoms with E-state index >= 15 is 0 Å². The van der Waals surface area contributed by atoms with Gasteiger partial charge < -0.3 is 10.3 Å². The van der Waals surface area contributed by atoms with Gasteiger partial charge in [-0.3, -0.25) is 4.79 Å². The first-order valence-corrected chi connectivity index (χ1v) is 8.35. The number of nitrogens with zero attached hydrogens (tertiary/aromatic N) is 1. The van der Waals surface area contributed by atoms with E-state index in [-0.39, 0.29) is 23.2 Å². The molecule has 0 saturated heterocycles. The summed E-state index contributed by atoms with van der Waals surface area (Å²) in [6, 6.07) is 15.2. The molecule has 4 rings (SSSR count). The van der Waals surface area contributed by atoms with Gasteiger partial charge in [-0.25, -0.2) is 4.39 Å². The first-order valence-electron chi connectivity index (χ1n) is 8.35. The summed E-state index contributed by atoms with van der Waals surface area (Å²) in [5.74, 6) is -1.33. The molecule has 0 saturated carbocycles. The molecule has 0 aliphatic heterocycles. The molecular weight excluding hydrogens is 372 g/mol. The molecule has 28 heavy (non-hydrogen) atoms.